The molecule has 4 amide bonds. The summed E-state index contributed by atoms with van der Waals surface area (Å²) in [5, 5.41) is 5.68. The van der Waals surface area contributed by atoms with E-state index in [1.807, 2.05) is 60.7 Å². The van der Waals surface area contributed by atoms with Crippen molar-refractivity contribution in [2.45, 2.75) is 37.8 Å². The smallest absolute Gasteiger partial charge is 0.249 e. The Hall–Kier alpha value is -5.64. The van der Waals surface area contributed by atoms with Gasteiger partial charge in [-0.05, 0) is 59.7 Å². The molecule has 4 aromatic carbocycles. The number of rotatable bonds is 15. The van der Waals surface area contributed by atoms with E-state index in [4.69, 9.17) is 9.47 Å². The third kappa shape index (κ3) is 9.93. The van der Waals surface area contributed by atoms with Crippen LogP contribution in [0.2, 0.25) is 0 Å². The highest BCUT2D eigenvalue weighted by atomic mass is 16.5. The minimum atomic E-state index is -0.874. The quantitative estimate of drug-likeness (QED) is 0.195. The van der Waals surface area contributed by atoms with Gasteiger partial charge in [-0.3, -0.25) is 19.2 Å². The molecule has 250 valence electrons. The van der Waals surface area contributed by atoms with Crippen LogP contribution >= 0.6 is 0 Å². The largest absolute Gasteiger partial charge is 0.497 e. The minimum Gasteiger partial charge on any atom is -0.497 e. The first kappa shape index (κ1) is 35.2. The second-order valence-corrected chi connectivity index (χ2v) is 11.3. The monoisotopic (exact) mass is 650 g/mol. The van der Waals surface area contributed by atoms with E-state index in [2.05, 4.69) is 10.6 Å². The molecule has 0 bridgehead atoms. The molecule has 0 aromatic heterocycles. The maximum absolute atomic E-state index is 13.6. The molecule has 0 heterocycles. The molecule has 4 rings (SSSR count). The number of carbonyl (C=O) groups is 4. The van der Waals surface area contributed by atoms with E-state index >= 15 is 0 Å². The van der Waals surface area contributed by atoms with Crippen LogP contribution in [0.1, 0.15) is 24.0 Å². The number of anilines is 2. The van der Waals surface area contributed by atoms with Gasteiger partial charge in [-0.25, -0.2) is 0 Å². The number of amides is 4. The van der Waals surface area contributed by atoms with Crippen LogP contribution in [0.5, 0.6) is 11.5 Å². The van der Waals surface area contributed by atoms with Gasteiger partial charge in [0.05, 0.1) is 14.2 Å². The zero-order chi connectivity index (χ0) is 34.5. The summed E-state index contributed by atoms with van der Waals surface area (Å²) in [7, 11) is 6.43. The standard InChI is InChI=1S/C38H42N4O6/c1-41(29-15-19-31(47-3)20-16-29)37(45)33(25-27-11-7-5-8-12-27)39-35(43)23-24-36(44)40-34(26-28-13-9-6-10-14-28)38(46)42(2)30-17-21-32(48-4)22-18-30/h5-22,33-34H,23-26H2,1-4H3,(H,39,43)(H,40,44)/t33-,34?/m0/s1. The lowest BCUT2D eigenvalue weighted by Gasteiger charge is -2.26. The highest BCUT2D eigenvalue weighted by Crippen LogP contribution is 2.21. The molecule has 2 N–H and O–H groups in total. The number of ether oxygens (including phenoxy) is 2. The average Bonchev–Trinajstić information content (AvgIpc) is 3.13. The predicted molar refractivity (Wildman–Crippen MR) is 186 cm³/mol. The predicted octanol–water partition coefficient (Wildman–Crippen LogP) is 4.56. The van der Waals surface area contributed by atoms with Crippen molar-refractivity contribution < 1.29 is 28.7 Å². The van der Waals surface area contributed by atoms with Gasteiger partial charge in [0.25, 0.3) is 0 Å². The van der Waals surface area contributed by atoms with Crippen LogP contribution in [0, 0.1) is 0 Å². The second kappa shape index (κ2) is 17.3. The minimum absolute atomic E-state index is 0.169. The van der Waals surface area contributed by atoms with Gasteiger partial charge in [0.1, 0.15) is 23.6 Å². The first-order chi connectivity index (χ1) is 23.2. The molecular weight excluding hydrogens is 608 g/mol. The van der Waals surface area contributed by atoms with Crippen LogP contribution in [0.3, 0.4) is 0 Å². The summed E-state index contributed by atoms with van der Waals surface area (Å²) in [6.45, 7) is 0. The lowest BCUT2D eigenvalue weighted by Crippen LogP contribution is -2.50. The molecule has 0 spiro atoms. The van der Waals surface area contributed by atoms with Crippen molar-refractivity contribution in [3.63, 3.8) is 0 Å². The fourth-order valence-electron chi connectivity index (χ4n) is 5.19. The zero-order valence-electron chi connectivity index (χ0n) is 27.7. The van der Waals surface area contributed by atoms with Gasteiger partial charge in [-0.2, -0.15) is 0 Å². The average molecular weight is 651 g/mol. The van der Waals surface area contributed by atoms with Crippen molar-refractivity contribution in [1.82, 2.24) is 10.6 Å². The molecule has 0 saturated carbocycles. The van der Waals surface area contributed by atoms with Crippen molar-refractivity contribution >= 4 is 35.0 Å². The topological polar surface area (TPSA) is 117 Å². The van der Waals surface area contributed by atoms with E-state index in [0.29, 0.717) is 22.9 Å². The molecule has 48 heavy (non-hydrogen) atoms. The van der Waals surface area contributed by atoms with Crippen LogP contribution in [-0.4, -0.2) is 64.0 Å². The Morgan fingerprint density at radius 1 is 0.542 bits per heavy atom. The van der Waals surface area contributed by atoms with Gasteiger partial charge in [0.15, 0.2) is 0 Å². The Labute approximate surface area is 281 Å². The normalized spacial score (nSPS) is 11.8. The number of benzene rings is 4. The molecule has 0 saturated heterocycles. The van der Waals surface area contributed by atoms with Crippen molar-refractivity contribution in [2.24, 2.45) is 0 Å². The number of nitrogens with zero attached hydrogens (tertiary/aromatic N) is 2. The number of nitrogens with one attached hydrogen (secondary N) is 2. The fourth-order valence-corrected chi connectivity index (χ4v) is 5.19. The van der Waals surface area contributed by atoms with Crippen LogP contribution in [0.4, 0.5) is 11.4 Å². The van der Waals surface area contributed by atoms with Crippen LogP contribution in [0.25, 0.3) is 0 Å². The Morgan fingerprint density at radius 2 is 0.875 bits per heavy atom. The maximum Gasteiger partial charge on any atom is 0.249 e. The van der Waals surface area contributed by atoms with Gasteiger partial charge >= 0.3 is 0 Å². The second-order valence-electron chi connectivity index (χ2n) is 11.3. The van der Waals surface area contributed by atoms with Gasteiger partial charge in [-0.15, -0.1) is 0 Å². The number of methoxy groups -OCH3 is 2. The molecule has 0 aliphatic rings. The highest BCUT2D eigenvalue weighted by molar-refractivity contribution is 6.00. The molecule has 4 aromatic rings. The summed E-state index contributed by atoms with van der Waals surface area (Å²) in [6, 6.07) is 31.1. The van der Waals surface area contributed by atoms with E-state index in [-0.39, 0.29) is 37.5 Å². The van der Waals surface area contributed by atoms with Crippen molar-refractivity contribution in [2.75, 3.05) is 38.1 Å². The Morgan fingerprint density at radius 3 is 1.19 bits per heavy atom. The van der Waals surface area contributed by atoms with Crippen LogP contribution in [-0.2, 0) is 32.0 Å². The van der Waals surface area contributed by atoms with E-state index in [9.17, 15) is 19.2 Å². The van der Waals surface area contributed by atoms with Crippen LogP contribution < -0.4 is 29.9 Å². The number of hydrogen-bond acceptors (Lipinski definition) is 6. The molecular formula is C38H42N4O6. The van der Waals surface area contributed by atoms with Crippen molar-refractivity contribution in [3.05, 3.63) is 120 Å². The third-order valence-electron chi connectivity index (χ3n) is 7.99. The number of likely N-dealkylation sites (N-methyl/N-ethyl adjacent to an activating group) is 2. The summed E-state index contributed by atoms with van der Waals surface area (Å²) >= 11 is 0. The maximum atomic E-state index is 13.6. The summed E-state index contributed by atoms with van der Waals surface area (Å²) in [5.41, 5.74) is 3.03. The zero-order valence-corrected chi connectivity index (χ0v) is 27.7. The molecule has 1 unspecified atom stereocenters. The van der Waals surface area contributed by atoms with Crippen LogP contribution in [0.15, 0.2) is 109 Å². The fraction of sp³-hybridized carbons (Fsp3) is 0.263. The summed E-state index contributed by atoms with van der Waals surface area (Å²) < 4.78 is 10.4. The molecule has 10 heteroatoms. The number of carbonyl (C=O) groups excluding carboxylic acids is 4. The molecule has 2 atom stereocenters. The molecule has 0 aliphatic carbocycles. The Balaban J connectivity index is 1.42. The highest BCUT2D eigenvalue weighted by Gasteiger charge is 2.28. The molecule has 0 fully saturated rings. The summed E-state index contributed by atoms with van der Waals surface area (Å²) in [5.74, 6) is -0.208. The van der Waals surface area contributed by atoms with E-state index in [1.165, 1.54) is 9.80 Å². The van der Waals surface area contributed by atoms with Gasteiger partial charge in [0.2, 0.25) is 23.6 Å². The lowest BCUT2D eigenvalue weighted by molar-refractivity contribution is -0.130. The van der Waals surface area contributed by atoms with Gasteiger partial charge in [0, 0.05) is 51.2 Å². The first-order valence-electron chi connectivity index (χ1n) is 15.7. The Kier molecular flexibility index (Phi) is 12.7. The van der Waals surface area contributed by atoms with Gasteiger partial charge in [-0.1, -0.05) is 60.7 Å². The first-order valence-corrected chi connectivity index (χ1v) is 15.7. The van der Waals surface area contributed by atoms with E-state index in [1.54, 1.807) is 76.8 Å². The molecule has 0 radical (unpaired) electrons. The molecule has 0 aliphatic heterocycles. The third-order valence-corrected chi connectivity index (χ3v) is 7.99. The summed E-state index contributed by atoms with van der Waals surface area (Å²) in [6.07, 6.45) is 0.196. The molecule has 10 nitrogen and oxygen atoms in total. The Bertz CT molecular complexity index is 1520. The van der Waals surface area contributed by atoms with Gasteiger partial charge < -0.3 is 29.9 Å². The van der Waals surface area contributed by atoms with E-state index < -0.39 is 23.9 Å². The van der Waals surface area contributed by atoms with Crippen molar-refractivity contribution in [1.29, 1.82) is 0 Å². The number of hydrogen-bond donors (Lipinski definition) is 2. The van der Waals surface area contributed by atoms with Crippen molar-refractivity contribution in [3.8, 4) is 11.5 Å². The lowest BCUT2D eigenvalue weighted by atomic mass is 10.0. The SMILES string of the molecule is COc1ccc(N(C)C(=O)C(Cc2ccccc2)NC(=O)CCC(=O)N[C@@H](Cc2ccccc2)C(=O)N(C)c2ccc(OC)cc2)cc1. The summed E-state index contributed by atoms with van der Waals surface area (Å²) in [4.78, 5) is 56.6. The van der Waals surface area contributed by atoms with E-state index in [0.717, 1.165) is 11.1 Å².